The van der Waals surface area contributed by atoms with E-state index < -0.39 is 8.56 Å². The fourth-order valence-corrected chi connectivity index (χ4v) is 4.86. The molecule has 2 N–H and O–H groups in total. The van der Waals surface area contributed by atoms with E-state index in [0.29, 0.717) is 0 Å². The summed E-state index contributed by atoms with van der Waals surface area (Å²) in [6, 6.07) is 1.05. The van der Waals surface area contributed by atoms with Crippen LogP contribution < -0.4 is 5.73 Å². The average Bonchev–Trinajstić information content (AvgIpc) is 2.32. The van der Waals surface area contributed by atoms with E-state index in [1.54, 1.807) is 0 Å². The molecule has 0 aromatic rings. The van der Waals surface area contributed by atoms with Gasteiger partial charge in [-0.2, -0.15) is 0 Å². The Labute approximate surface area is 108 Å². The second-order valence-corrected chi connectivity index (χ2v) is 8.26. The quantitative estimate of drug-likeness (QED) is 0.614. The van der Waals surface area contributed by atoms with Crippen molar-refractivity contribution < 1.29 is 8.85 Å². The highest BCUT2D eigenvalue weighted by atomic mass is 28.4. The zero-order chi connectivity index (χ0) is 13.4. The van der Waals surface area contributed by atoms with Crippen LogP contribution in [0.15, 0.2) is 0 Å². The Morgan fingerprint density at radius 2 is 1.47 bits per heavy atom. The van der Waals surface area contributed by atoms with Gasteiger partial charge in [0.15, 0.2) is 0 Å². The number of nitrogens with two attached hydrogens (primary N) is 1. The average molecular weight is 261 g/mol. The normalized spacial score (nSPS) is 13.1. The summed E-state index contributed by atoms with van der Waals surface area (Å²) in [5.74, 6) is 0. The zero-order valence-electron chi connectivity index (χ0n) is 12.3. The fraction of sp³-hybridized carbons (Fsp3) is 1.00. The van der Waals surface area contributed by atoms with Crippen LogP contribution in [-0.4, -0.2) is 28.3 Å². The smallest absolute Gasteiger partial charge is 0.334 e. The van der Waals surface area contributed by atoms with E-state index >= 15 is 0 Å². The molecule has 0 amide bonds. The number of hydrogen-bond donors (Lipinski definition) is 1. The monoisotopic (exact) mass is 261 g/mol. The second kappa shape index (κ2) is 8.24. The molecule has 0 bridgehead atoms. The molecule has 0 aromatic carbocycles. The summed E-state index contributed by atoms with van der Waals surface area (Å²) in [6.45, 7) is 13.0. The van der Waals surface area contributed by atoms with Crippen molar-refractivity contribution in [3.05, 3.63) is 0 Å². The van der Waals surface area contributed by atoms with Gasteiger partial charge in [0, 0.05) is 13.2 Å². The summed E-state index contributed by atoms with van der Waals surface area (Å²) in [5, 5.41) is 0. The first-order valence-corrected chi connectivity index (χ1v) is 9.51. The molecule has 0 heterocycles. The van der Waals surface area contributed by atoms with E-state index in [9.17, 15) is 0 Å². The van der Waals surface area contributed by atoms with Gasteiger partial charge in [0.05, 0.1) is 0 Å². The molecule has 104 valence electrons. The largest absolute Gasteiger partial charge is 0.395 e. The van der Waals surface area contributed by atoms with Crippen molar-refractivity contribution >= 4 is 8.56 Å². The van der Waals surface area contributed by atoms with E-state index in [4.69, 9.17) is 14.6 Å². The lowest BCUT2D eigenvalue weighted by molar-refractivity contribution is 0.176. The Hall–Kier alpha value is 0.0969. The third kappa shape index (κ3) is 5.51. The third-order valence-corrected chi connectivity index (χ3v) is 6.90. The van der Waals surface area contributed by atoms with Crippen LogP contribution in [0.1, 0.15) is 47.0 Å². The van der Waals surface area contributed by atoms with Crippen molar-refractivity contribution in [3.8, 4) is 0 Å². The topological polar surface area (TPSA) is 44.5 Å². The van der Waals surface area contributed by atoms with Gasteiger partial charge in [0.2, 0.25) is 0 Å². The summed E-state index contributed by atoms with van der Waals surface area (Å²) in [5.41, 5.74) is 6.22. The summed E-state index contributed by atoms with van der Waals surface area (Å²) in [4.78, 5) is 0. The van der Waals surface area contributed by atoms with Crippen LogP contribution in [0.2, 0.25) is 12.6 Å². The number of hydrogen-bond acceptors (Lipinski definition) is 3. The van der Waals surface area contributed by atoms with Crippen molar-refractivity contribution in [2.75, 3.05) is 19.8 Å². The van der Waals surface area contributed by atoms with Crippen molar-refractivity contribution in [2.45, 2.75) is 59.5 Å². The Morgan fingerprint density at radius 3 is 1.76 bits per heavy atom. The van der Waals surface area contributed by atoms with E-state index in [1.807, 2.05) is 13.8 Å². The molecule has 0 saturated carbocycles. The van der Waals surface area contributed by atoms with Gasteiger partial charge in [-0.1, -0.05) is 13.8 Å². The molecular formula is C13H31NO2Si. The fourth-order valence-electron chi connectivity index (χ4n) is 2.28. The molecule has 3 nitrogen and oxygen atoms in total. The predicted molar refractivity (Wildman–Crippen MR) is 76.4 cm³/mol. The molecule has 0 saturated heterocycles. The zero-order valence-corrected chi connectivity index (χ0v) is 13.3. The van der Waals surface area contributed by atoms with E-state index in [1.165, 1.54) is 0 Å². The maximum Gasteiger partial charge on any atom is 0.334 e. The first kappa shape index (κ1) is 17.1. The standard InChI is InChI=1S/C13H31NO2Si/c1-6-13(7-2,12-14)10-11-17(5,15-8-3)16-9-4/h6-12,14H2,1-5H3. The van der Waals surface area contributed by atoms with Crippen LogP contribution in [-0.2, 0) is 8.85 Å². The van der Waals surface area contributed by atoms with Gasteiger partial charge in [-0.3, -0.25) is 0 Å². The molecule has 0 radical (unpaired) electrons. The summed E-state index contributed by atoms with van der Waals surface area (Å²) >= 11 is 0. The summed E-state index contributed by atoms with van der Waals surface area (Å²) in [7, 11) is -1.96. The molecule has 4 heteroatoms. The van der Waals surface area contributed by atoms with Gasteiger partial charge in [-0.25, -0.2) is 0 Å². The van der Waals surface area contributed by atoms with E-state index in [-0.39, 0.29) is 5.41 Å². The highest BCUT2D eigenvalue weighted by molar-refractivity contribution is 6.66. The summed E-state index contributed by atoms with van der Waals surface area (Å²) < 4.78 is 11.7. The van der Waals surface area contributed by atoms with Crippen LogP contribution >= 0.6 is 0 Å². The summed E-state index contributed by atoms with van der Waals surface area (Å²) in [6.07, 6.45) is 3.41. The van der Waals surface area contributed by atoms with Gasteiger partial charge in [-0.05, 0) is 57.7 Å². The molecule has 0 aliphatic heterocycles. The molecule has 0 spiro atoms. The van der Waals surface area contributed by atoms with Crippen molar-refractivity contribution in [3.63, 3.8) is 0 Å². The van der Waals surface area contributed by atoms with Crippen LogP contribution in [0, 0.1) is 5.41 Å². The predicted octanol–water partition coefficient (Wildman–Crippen LogP) is 3.29. The van der Waals surface area contributed by atoms with Crippen LogP contribution in [0.5, 0.6) is 0 Å². The molecule has 0 fully saturated rings. The lowest BCUT2D eigenvalue weighted by atomic mass is 9.80. The minimum Gasteiger partial charge on any atom is -0.395 e. The van der Waals surface area contributed by atoms with Crippen molar-refractivity contribution in [1.29, 1.82) is 0 Å². The van der Waals surface area contributed by atoms with Crippen LogP contribution in [0.25, 0.3) is 0 Å². The molecule has 0 aromatic heterocycles. The van der Waals surface area contributed by atoms with Gasteiger partial charge >= 0.3 is 8.56 Å². The van der Waals surface area contributed by atoms with Gasteiger partial charge in [-0.15, -0.1) is 0 Å². The highest BCUT2D eigenvalue weighted by Crippen LogP contribution is 2.33. The Kier molecular flexibility index (Phi) is 8.29. The number of rotatable bonds is 10. The van der Waals surface area contributed by atoms with Gasteiger partial charge < -0.3 is 14.6 Å². The SMILES string of the molecule is CCO[Si](C)(CCC(CC)(CC)CN)OCC. The molecule has 0 rings (SSSR count). The maximum atomic E-state index is 5.94. The van der Waals surface area contributed by atoms with E-state index in [0.717, 1.165) is 45.1 Å². The molecule has 0 aliphatic rings. The molecule has 0 aliphatic carbocycles. The maximum absolute atomic E-state index is 5.94. The lowest BCUT2D eigenvalue weighted by Gasteiger charge is -2.34. The Balaban J connectivity index is 4.45. The molecule has 0 unspecified atom stereocenters. The minimum atomic E-state index is -1.96. The van der Waals surface area contributed by atoms with Crippen molar-refractivity contribution in [1.82, 2.24) is 0 Å². The van der Waals surface area contributed by atoms with Crippen LogP contribution in [0.3, 0.4) is 0 Å². The van der Waals surface area contributed by atoms with Gasteiger partial charge in [0.1, 0.15) is 0 Å². The molecular weight excluding hydrogens is 230 g/mol. The first-order chi connectivity index (χ1) is 8.01. The molecule has 0 atom stereocenters. The second-order valence-electron chi connectivity index (χ2n) is 4.91. The highest BCUT2D eigenvalue weighted by Gasteiger charge is 2.35. The Morgan fingerprint density at radius 1 is 1.00 bits per heavy atom. The Bertz CT molecular complexity index is 182. The third-order valence-electron chi connectivity index (χ3n) is 3.94. The first-order valence-electron chi connectivity index (χ1n) is 6.99. The minimum absolute atomic E-state index is 0.280. The lowest BCUT2D eigenvalue weighted by Crippen LogP contribution is -2.41. The van der Waals surface area contributed by atoms with E-state index in [2.05, 4.69) is 20.4 Å². The van der Waals surface area contributed by atoms with Crippen molar-refractivity contribution in [2.24, 2.45) is 11.1 Å². The van der Waals surface area contributed by atoms with Gasteiger partial charge in [0.25, 0.3) is 0 Å². The molecule has 17 heavy (non-hydrogen) atoms. The van der Waals surface area contributed by atoms with Crippen LogP contribution in [0.4, 0.5) is 0 Å².